The minimum Gasteiger partial charge on any atom is -0.495 e. The fourth-order valence-electron chi connectivity index (χ4n) is 2.34. The standard InChI is InChI=1S/C18H17ClN2O4S2/c1-24-14-10-12(21-17(26-3)8-9-20)11-15(25-2)18(14)27(22,23)16-7-5-4-6-13(16)19/h4-8,10-11,21H,1-3H3. The number of ether oxygens (including phenoxy) is 2. The van der Waals surface area contributed by atoms with Gasteiger partial charge >= 0.3 is 0 Å². The van der Waals surface area contributed by atoms with E-state index in [1.165, 1.54) is 56.3 Å². The van der Waals surface area contributed by atoms with Crippen LogP contribution >= 0.6 is 23.4 Å². The first-order valence-electron chi connectivity index (χ1n) is 7.55. The van der Waals surface area contributed by atoms with Gasteiger partial charge in [0.05, 0.1) is 35.2 Å². The predicted octanol–water partition coefficient (Wildman–Crippen LogP) is 4.33. The molecule has 27 heavy (non-hydrogen) atoms. The minimum absolute atomic E-state index is 0.0434. The third-order valence-electron chi connectivity index (χ3n) is 3.54. The summed E-state index contributed by atoms with van der Waals surface area (Å²) < 4.78 is 37.0. The van der Waals surface area contributed by atoms with Crippen LogP contribution in [0.4, 0.5) is 5.69 Å². The van der Waals surface area contributed by atoms with Gasteiger partial charge in [0.25, 0.3) is 0 Å². The first kappa shape index (κ1) is 21.0. The van der Waals surface area contributed by atoms with Gasteiger partial charge in [-0.25, -0.2) is 8.42 Å². The molecule has 0 aliphatic carbocycles. The molecule has 142 valence electrons. The van der Waals surface area contributed by atoms with Gasteiger partial charge in [0.15, 0.2) is 4.90 Å². The van der Waals surface area contributed by atoms with Gasteiger partial charge in [0.1, 0.15) is 11.5 Å². The first-order valence-corrected chi connectivity index (χ1v) is 10.6. The maximum atomic E-state index is 13.2. The third kappa shape index (κ3) is 4.50. The number of nitrogens with one attached hydrogen (secondary N) is 1. The number of nitrogens with zero attached hydrogens (tertiary/aromatic N) is 1. The van der Waals surface area contributed by atoms with Crippen molar-refractivity contribution in [2.75, 3.05) is 25.8 Å². The maximum absolute atomic E-state index is 13.2. The van der Waals surface area contributed by atoms with Crippen molar-refractivity contribution >= 4 is 38.9 Å². The molecule has 0 aliphatic heterocycles. The summed E-state index contributed by atoms with van der Waals surface area (Å²) in [4.78, 5) is -0.167. The van der Waals surface area contributed by atoms with Crippen LogP contribution in [-0.4, -0.2) is 28.9 Å². The van der Waals surface area contributed by atoms with E-state index in [1.54, 1.807) is 18.4 Å². The molecule has 0 unspecified atom stereocenters. The number of hydrogen-bond acceptors (Lipinski definition) is 7. The molecule has 0 bridgehead atoms. The zero-order chi connectivity index (χ0) is 20.0. The summed E-state index contributed by atoms with van der Waals surface area (Å²) in [5.74, 6) is 0.184. The van der Waals surface area contributed by atoms with Gasteiger partial charge in [-0.05, 0) is 18.4 Å². The molecule has 0 atom stereocenters. The lowest BCUT2D eigenvalue weighted by atomic mass is 10.2. The molecule has 2 aromatic rings. The van der Waals surface area contributed by atoms with Crippen molar-refractivity contribution in [1.82, 2.24) is 0 Å². The van der Waals surface area contributed by atoms with Crippen molar-refractivity contribution in [2.45, 2.75) is 9.79 Å². The molecule has 0 aromatic heterocycles. The number of thioether (sulfide) groups is 1. The molecule has 6 nitrogen and oxygen atoms in total. The third-order valence-corrected chi connectivity index (χ3v) is 6.51. The summed E-state index contributed by atoms with van der Waals surface area (Å²) in [6, 6.07) is 11.1. The van der Waals surface area contributed by atoms with E-state index in [4.69, 9.17) is 26.3 Å². The Balaban J connectivity index is 2.66. The van der Waals surface area contributed by atoms with E-state index in [9.17, 15) is 8.42 Å². The zero-order valence-corrected chi connectivity index (χ0v) is 17.2. The molecule has 0 aliphatic rings. The molecule has 9 heteroatoms. The Hall–Kier alpha value is -2.34. The molecular weight excluding hydrogens is 408 g/mol. The number of halogens is 1. The van der Waals surface area contributed by atoms with Crippen LogP contribution in [-0.2, 0) is 9.84 Å². The van der Waals surface area contributed by atoms with Crippen LogP contribution in [0.15, 0.2) is 57.3 Å². The van der Waals surface area contributed by atoms with Crippen LogP contribution in [0.3, 0.4) is 0 Å². The van der Waals surface area contributed by atoms with Gasteiger partial charge in [-0.3, -0.25) is 0 Å². The van der Waals surface area contributed by atoms with Crippen LogP contribution in [0, 0.1) is 11.3 Å². The van der Waals surface area contributed by atoms with E-state index in [1.807, 2.05) is 6.07 Å². The van der Waals surface area contributed by atoms with Crippen molar-refractivity contribution in [2.24, 2.45) is 0 Å². The average molecular weight is 425 g/mol. The number of nitriles is 1. The number of methoxy groups -OCH3 is 2. The molecule has 2 aromatic carbocycles. The second-order valence-corrected chi connectivity index (χ2v) is 8.22. The number of anilines is 1. The van der Waals surface area contributed by atoms with Crippen LogP contribution in [0.2, 0.25) is 5.02 Å². The van der Waals surface area contributed by atoms with Gasteiger partial charge in [-0.1, -0.05) is 23.7 Å². The molecule has 1 N–H and O–H groups in total. The van der Waals surface area contributed by atoms with Gasteiger partial charge < -0.3 is 14.8 Å². The van der Waals surface area contributed by atoms with Crippen molar-refractivity contribution in [3.8, 4) is 17.6 Å². The van der Waals surface area contributed by atoms with E-state index in [2.05, 4.69) is 5.32 Å². The molecule has 0 amide bonds. The van der Waals surface area contributed by atoms with E-state index in [0.717, 1.165) is 0 Å². The highest BCUT2D eigenvalue weighted by Gasteiger charge is 2.29. The first-order chi connectivity index (χ1) is 12.9. The van der Waals surface area contributed by atoms with Crippen molar-refractivity contribution < 1.29 is 17.9 Å². The predicted molar refractivity (Wildman–Crippen MR) is 107 cm³/mol. The zero-order valence-electron chi connectivity index (χ0n) is 14.8. The molecule has 2 rings (SSSR count). The van der Waals surface area contributed by atoms with E-state index >= 15 is 0 Å². The Labute approximate surface area is 167 Å². The summed E-state index contributed by atoms with van der Waals surface area (Å²) in [7, 11) is -1.27. The average Bonchev–Trinajstić information content (AvgIpc) is 2.66. The normalized spacial score (nSPS) is 11.6. The fourth-order valence-corrected chi connectivity index (χ4v) is 4.78. The summed E-state index contributed by atoms with van der Waals surface area (Å²) in [5, 5.41) is 12.5. The monoisotopic (exact) mass is 424 g/mol. The molecular formula is C18H17ClN2O4S2. The Morgan fingerprint density at radius 3 is 2.30 bits per heavy atom. The van der Waals surface area contributed by atoms with Crippen molar-refractivity contribution in [3.63, 3.8) is 0 Å². The van der Waals surface area contributed by atoms with Crippen molar-refractivity contribution in [1.29, 1.82) is 5.26 Å². The van der Waals surface area contributed by atoms with Gasteiger partial charge in [0.2, 0.25) is 9.84 Å². The minimum atomic E-state index is -4.00. The lowest BCUT2D eigenvalue weighted by Crippen LogP contribution is -2.08. The number of sulfone groups is 1. The van der Waals surface area contributed by atoms with Crippen LogP contribution in [0.5, 0.6) is 11.5 Å². The largest absolute Gasteiger partial charge is 0.495 e. The van der Waals surface area contributed by atoms with Gasteiger partial charge in [-0.15, -0.1) is 11.8 Å². The molecule has 0 saturated heterocycles. The number of benzene rings is 2. The quantitative estimate of drug-likeness (QED) is 0.661. The van der Waals surface area contributed by atoms with Crippen LogP contribution in [0.25, 0.3) is 0 Å². The van der Waals surface area contributed by atoms with Crippen molar-refractivity contribution in [3.05, 3.63) is 52.5 Å². The summed E-state index contributed by atoms with van der Waals surface area (Å²) >= 11 is 7.42. The Morgan fingerprint density at radius 2 is 1.81 bits per heavy atom. The second kappa shape index (κ2) is 9.04. The lowest BCUT2D eigenvalue weighted by molar-refractivity contribution is 0.374. The topological polar surface area (TPSA) is 88.4 Å². The lowest BCUT2D eigenvalue weighted by Gasteiger charge is -2.17. The summed E-state index contributed by atoms with van der Waals surface area (Å²) in [5.41, 5.74) is 0.512. The maximum Gasteiger partial charge on any atom is 0.215 e. The highest BCUT2D eigenvalue weighted by molar-refractivity contribution is 8.02. The molecule has 0 saturated carbocycles. The Kier molecular flexibility index (Phi) is 7.02. The number of hydrogen-bond donors (Lipinski definition) is 1. The van der Waals surface area contributed by atoms with Crippen LogP contribution in [0.1, 0.15) is 0 Å². The Morgan fingerprint density at radius 1 is 1.22 bits per heavy atom. The van der Waals surface area contributed by atoms with Gasteiger partial charge in [0, 0.05) is 23.9 Å². The Bertz CT molecular complexity index is 989. The van der Waals surface area contributed by atoms with E-state index in [0.29, 0.717) is 10.7 Å². The highest BCUT2D eigenvalue weighted by atomic mass is 35.5. The SMILES string of the molecule is COc1cc(NC(=CC#N)SC)cc(OC)c1S(=O)(=O)c1ccccc1Cl. The number of rotatable bonds is 7. The molecule has 0 radical (unpaired) electrons. The number of allylic oxidation sites excluding steroid dienone is 1. The van der Waals surface area contributed by atoms with E-state index in [-0.39, 0.29) is 26.3 Å². The second-order valence-electron chi connectivity index (χ2n) is 5.11. The molecule has 0 fully saturated rings. The summed E-state index contributed by atoms with van der Waals surface area (Å²) in [6.45, 7) is 0. The summed E-state index contributed by atoms with van der Waals surface area (Å²) in [6.07, 6.45) is 3.15. The molecule has 0 heterocycles. The van der Waals surface area contributed by atoms with Crippen LogP contribution < -0.4 is 14.8 Å². The molecule has 0 spiro atoms. The smallest absolute Gasteiger partial charge is 0.215 e. The fraction of sp³-hybridized carbons (Fsp3) is 0.167. The highest BCUT2D eigenvalue weighted by Crippen LogP contribution is 2.41. The van der Waals surface area contributed by atoms with Gasteiger partial charge in [-0.2, -0.15) is 5.26 Å². The van der Waals surface area contributed by atoms with E-state index < -0.39 is 9.84 Å².